The predicted molar refractivity (Wildman–Crippen MR) is 246 cm³/mol. The van der Waals surface area contributed by atoms with Crippen LogP contribution in [0.2, 0.25) is 0 Å². The second kappa shape index (κ2) is 14.8. The van der Waals surface area contributed by atoms with Crippen LogP contribution in [0.15, 0.2) is 206 Å². The normalized spacial score (nSPS) is 14.5. The molecule has 3 aliphatic carbocycles. The average Bonchev–Trinajstić information content (AvgIpc) is 3.36. The molecule has 62 heavy (non-hydrogen) atoms. The third-order valence-corrected chi connectivity index (χ3v) is 12.2. The summed E-state index contributed by atoms with van der Waals surface area (Å²) in [5.41, 5.74) is 17.6. The molecule has 0 radical (unpaired) electrons. The summed E-state index contributed by atoms with van der Waals surface area (Å²) in [5.74, 6) is 2.77. The molecule has 10 aromatic rings. The van der Waals surface area contributed by atoms with Crippen molar-refractivity contribution in [3.8, 4) is 79.3 Å². The predicted octanol–water partition coefficient (Wildman–Crippen LogP) is 12.7. The second-order valence-corrected chi connectivity index (χ2v) is 15.8. The number of nitrogens with zero attached hydrogens (tertiary/aromatic N) is 6. The molecular formula is C56H36N6. The summed E-state index contributed by atoms with van der Waals surface area (Å²) in [6.45, 7) is 0. The molecule has 6 nitrogen and oxygen atoms in total. The summed E-state index contributed by atoms with van der Waals surface area (Å²) in [4.78, 5) is 30.0. The minimum absolute atomic E-state index is 0.0534. The molecule has 3 aliphatic rings. The van der Waals surface area contributed by atoms with Crippen LogP contribution in [0.3, 0.4) is 0 Å². The first kappa shape index (κ1) is 35.7. The largest absolute Gasteiger partial charge is 0.256 e. The van der Waals surface area contributed by atoms with E-state index in [1.165, 1.54) is 33.4 Å². The first-order valence-electron chi connectivity index (χ1n) is 20.9. The Morgan fingerprint density at radius 3 is 1.15 bits per heavy atom. The van der Waals surface area contributed by atoms with Crippen LogP contribution < -0.4 is 0 Å². The van der Waals surface area contributed by atoms with E-state index in [1.54, 1.807) is 0 Å². The summed E-state index contributed by atoms with van der Waals surface area (Å²) >= 11 is 0. The molecule has 2 bridgehead atoms. The Hall–Kier alpha value is -8.22. The maximum Gasteiger partial charge on any atom is 0.164 e. The quantitative estimate of drug-likeness (QED) is 0.160. The van der Waals surface area contributed by atoms with Crippen LogP contribution in [0.5, 0.6) is 0 Å². The van der Waals surface area contributed by atoms with Gasteiger partial charge in [-0.3, -0.25) is 4.98 Å². The number of benzene rings is 7. The molecule has 0 saturated carbocycles. The van der Waals surface area contributed by atoms with Crippen molar-refractivity contribution in [2.24, 2.45) is 0 Å². The van der Waals surface area contributed by atoms with Crippen molar-refractivity contribution >= 4 is 0 Å². The second-order valence-electron chi connectivity index (χ2n) is 15.8. The van der Waals surface area contributed by atoms with Gasteiger partial charge in [0.05, 0.1) is 17.1 Å². The molecule has 0 N–H and O–H groups in total. The van der Waals surface area contributed by atoms with Gasteiger partial charge >= 0.3 is 0 Å². The number of pyridine rings is 1. The lowest BCUT2D eigenvalue weighted by Crippen LogP contribution is -2.27. The Morgan fingerprint density at radius 1 is 0.242 bits per heavy atom. The van der Waals surface area contributed by atoms with Gasteiger partial charge in [0.15, 0.2) is 23.3 Å². The van der Waals surface area contributed by atoms with Crippen molar-refractivity contribution in [1.29, 1.82) is 0 Å². The number of hydrogen-bond donors (Lipinski definition) is 0. The van der Waals surface area contributed by atoms with Gasteiger partial charge in [-0.15, -0.1) is 0 Å². The van der Waals surface area contributed by atoms with Gasteiger partial charge in [0.2, 0.25) is 0 Å². The molecule has 7 aromatic carbocycles. The Labute approximate surface area is 359 Å². The molecule has 0 fully saturated rings. The standard InChI is InChI=1S/C56H36N6/c1-4-14-37(15-5-1)53-58-49(36-25-23-35(24-26-36)48-22-12-13-31-57-48)34-50(59-53)40-27-29-44-46(32-40)51-42-20-10-11-21-43(42)52(44)47-33-41(28-30-45(47)51)56-61-54(38-16-6-2-7-17-38)60-55(62-56)39-18-8-3-9-19-39/h1-34,51-52H. The molecule has 2 unspecified atom stereocenters. The lowest BCUT2D eigenvalue weighted by atomic mass is 9.60. The summed E-state index contributed by atoms with van der Waals surface area (Å²) in [6, 6.07) is 69.8. The number of hydrogen-bond acceptors (Lipinski definition) is 6. The van der Waals surface area contributed by atoms with E-state index in [2.05, 4.69) is 108 Å². The first-order chi connectivity index (χ1) is 30.7. The number of rotatable bonds is 7. The molecule has 290 valence electrons. The lowest BCUT2D eigenvalue weighted by molar-refractivity contribution is 0.754. The third-order valence-electron chi connectivity index (χ3n) is 12.2. The molecule has 2 atom stereocenters. The van der Waals surface area contributed by atoms with Crippen LogP contribution >= 0.6 is 0 Å². The van der Waals surface area contributed by atoms with E-state index in [4.69, 9.17) is 24.9 Å². The summed E-state index contributed by atoms with van der Waals surface area (Å²) in [5, 5.41) is 0. The van der Waals surface area contributed by atoms with Crippen LogP contribution in [-0.2, 0) is 0 Å². The van der Waals surface area contributed by atoms with Crippen molar-refractivity contribution in [3.05, 3.63) is 240 Å². The van der Waals surface area contributed by atoms with Gasteiger partial charge in [0, 0.05) is 57.0 Å². The van der Waals surface area contributed by atoms with E-state index < -0.39 is 0 Å². The molecule has 13 rings (SSSR count). The lowest BCUT2D eigenvalue weighted by Gasteiger charge is -2.42. The highest BCUT2D eigenvalue weighted by atomic mass is 15.0. The van der Waals surface area contributed by atoms with E-state index >= 15 is 0 Å². The van der Waals surface area contributed by atoms with Crippen molar-refractivity contribution in [2.75, 3.05) is 0 Å². The summed E-state index contributed by atoms with van der Waals surface area (Å²) < 4.78 is 0. The van der Waals surface area contributed by atoms with Gasteiger partial charge < -0.3 is 0 Å². The maximum atomic E-state index is 5.23. The van der Waals surface area contributed by atoms with Crippen LogP contribution in [-0.4, -0.2) is 29.9 Å². The summed E-state index contributed by atoms with van der Waals surface area (Å²) in [6.07, 6.45) is 1.82. The van der Waals surface area contributed by atoms with E-state index in [-0.39, 0.29) is 11.8 Å². The zero-order valence-corrected chi connectivity index (χ0v) is 33.5. The monoisotopic (exact) mass is 792 g/mol. The molecule has 0 amide bonds. The van der Waals surface area contributed by atoms with Crippen molar-refractivity contribution < 1.29 is 0 Å². The van der Waals surface area contributed by atoms with Gasteiger partial charge in [-0.05, 0) is 63.7 Å². The van der Waals surface area contributed by atoms with E-state index in [9.17, 15) is 0 Å². The fourth-order valence-electron chi connectivity index (χ4n) is 9.26. The molecular weight excluding hydrogens is 757 g/mol. The zero-order chi connectivity index (χ0) is 41.0. The van der Waals surface area contributed by atoms with Gasteiger partial charge in [-0.1, -0.05) is 170 Å². The topological polar surface area (TPSA) is 77.3 Å². The third kappa shape index (κ3) is 6.20. The van der Waals surface area contributed by atoms with E-state index in [0.717, 1.165) is 56.0 Å². The van der Waals surface area contributed by atoms with Crippen molar-refractivity contribution in [1.82, 2.24) is 29.9 Å². The first-order valence-corrected chi connectivity index (χ1v) is 20.9. The average molecular weight is 793 g/mol. The highest BCUT2D eigenvalue weighted by Gasteiger charge is 2.41. The van der Waals surface area contributed by atoms with Crippen molar-refractivity contribution in [2.45, 2.75) is 11.8 Å². The minimum Gasteiger partial charge on any atom is -0.256 e. The molecule has 0 spiro atoms. The highest BCUT2D eigenvalue weighted by Crippen LogP contribution is 2.56. The Bertz CT molecular complexity index is 3220. The molecule has 3 aromatic heterocycles. The fourth-order valence-corrected chi connectivity index (χ4v) is 9.26. The molecule has 3 heterocycles. The smallest absolute Gasteiger partial charge is 0.164 e. The Kier molecular flexibility index (Phi) is 8.52. The Morgan fingerprint density at radius 2 is 0.629 bits per heavy atom. The van der Waals surface area contributed by atoms with Crippen LogP contribution in [0.25, 0.3) is 79.3 Å². The van der Waals surface area contributed by atoms with Gasteiger partial charge in [-0.25, -0.2) is 24.9 Å². The fraction of sp³-hybridized carbons (Fsp3) is 0.0357. The van der Waals surface area contributed by atoms with E-state index in [0.29, 0.717) is 23.3 Å². The van der Waals surface area contributed by atoms with Gasteiger partial charge in [-0.2, -0.15) is 0 Å². The van der Waals surface area contributed by atoms with Gasteiger partial charge in [0.1, 0.15) is 0 Å². The molecule has 0 saturated heterocycles. The molecule has 6 heteroatoms. The maximum absolute atomic E-state index is 5.23. The number of aromatic nitrogens is 6. The van der Waals surface area contributed by atoms with E-state index in [1.807, 2.05) is 103 Å². The zero-order valence-electron chi connectivity index (χ0n) is 33.5. The SMILES string of the molecule is c1ccc(-c2nc(-c3ccc(-c4ccccn4)cc3)cc(-c3ccc4c(c3)C3c5ccccc5C4c4cc(-c5nc(-c6ccccc6)nc(-c6ccccc6)n5)ccc43)n2)cc1. The van der Waals surface area contributed by atoms with Crippen molar-refractivity contribution in [3.63, 3.8) is 0 Å². The summed E-state index contributed by atoms with van der Waals surface area (Å²) in [7, 11) is 0. The highest BCUT2D eigenvalue weighted by molar-refractivity contribution is 5.78. The Balaban J connectivity index is 0.967. The van der Waals surface area contributed by atoms with Crippen LogP contribution in [0.4, 0.5) is 0 Å². The van der Waals surface area contributed by atoms with Gasteiger partial charge in [0.25, 0.3) is 0 Å². The van der Waals surface area contributed by atoms with Crippen LogP contribution in [0, 0.1) is 0 Å². The minimum atomic E-state index is 0.0534. The molecule has 0 aliphatic heterocycles. The van der Waals surface area contributed by atoms with Crippen LogP contribution in [0.1, 0.15) is 45.2 Å².